The van der Waals surface area contributed by atoms with Crippen LogP contribution in [0.5, 0.6) is 0 Å². The zero-order chi connectivity index (χ0) is 32.5. The fraction of sp³-hybridized carbons (Fsp3) is 0.724. The summed E-state index contributed by atoms with van der Waals surface area (Å²) in [6.45, 7) is 4.11. The molecule has 4 aliphatic carbocycles. The smallest absolute Gasteiger partial charge is 0.393 e. The second-order valence-corrected chi connectivity index (χ2v) is 15.0. The standard InChI is InChI=1S/C19H28O2.C10H14N5O8P/c1-18-9-7-13(20)11-12(18)3-4-14-15-5-6-17(21)19(15,2)10-8-16(14)18;11-10-13-7-4(8(18)14-10)12-2-15(7)9-6(17)5(16)3(23-9)1-22-24(19,20)21/h11,14-17,21H,3-10H2,1-2H3;2-3,5-6,9,16-17H,1H2,(H2,19,20,21)(H3,11,13,14,18)/t14-,15-,16-,17-,18-,19-;3-,5-,6-,9-/m01/s1. The summed E-state index contributed by atoms with van der Waals surface area (Å²) in [5, 5.41) is 30.5. The van der Waals surface area contributed by atoms with Crippen molar-refractivity contribution in [1.82, 2.24) is 19.5 Å². The first kappa shape index (κ1) is 32.5. The molecule has 2 aromatic rings. The molecule has 0 aromatic carbocycles. The topological polar surface area (TPSA) is 243 Å². The number of nitrogen functional groups attached to an aromatic ring is 1. The molecule has 15 nitrogen and oxygen atoms in total. The third-order valence-electron chi connectivity index (χ3n) is 11.4. The molecule has 0 amide bonds. The molecule has 2 aromatic heterocycles. The molecule has 8 N–H and O–H groups in total. The molecule has 5 aliphatic rings. The Hall–Kier alpha value is -2.49. The zero-order valence-electron chi connectivity index (χ0n) is 25.3. The highest BCUT2D eigenvalue weighted by molar-refractivity contribution is 7.46. The van der Waals surface area contributed by atoms with E-state index in [0.717, 1.165) is 37.5 Å². The van der Waals surface area contributed by atoms with E-state index in [1.54, 1.807) is 0 Å². The largest absolute Gasteiger partial charge is 0.469 e. The van der Waals surface area contributed by atoms with Gasteiger partial charge in [0, 0.05) is 6.42 Å². The van der Waals surface area contributed by atoms with E-state index in [2.05, 4.69) is 33.3 Å². The first-order valence-electron chi connectivity index (χ1n) is 15.5. The van der Waals surface area contributed by atoms with E-state index in [-0.39, 0.29) is 34.0 Å². The van der Waals surface area contributed by atoms with Gasteiger partial charge in [-0.05, 0) is 79.6 Å². The molecule has 3 heterocycles. The molecule has 7 rings (SSSR count). The number of carbonyl (C=O) groups is 1. The number of aromatic nitrogens is 4. The monoisotopic (exact) mass is 651 g/mol. The predicted octanol–water partition coefficient (Wildman–Crippen LogP) is 1.31. The summed E-state index contributed by atoms with van der Waals surface area (Å²) in [5.41, 5.74) is 6.73. The SMILES string of the molecule is C[C@]12CC[C@H]3[C@@H](CCC4=CC(=O)CC[C@@]43C)[C@@H]1CC[C@@H]2O.Nc1nc2c(ncn2[C@@H]2O[C@H](COP(=O)(O)O)[C@@H](O)[C@H]2O)c(=O)[nH]1. The van der Waals surface area contributed by atoms with Crippen molar-refractivity contribution < 1.29 is 43.7 Å². The van der Waals surface area contributed by atoms with Crippen LogP contribution in [0.4, 0.5) is 5.95 Å². The van der Waals surface area contributed by atoms with Crippen LogP contribution in [0.25, 0.3) is 11.2 Å². The van der Waals surface area contributed by atoms with Crippen LogP contribution < -0.4 is 11.3 Å². The number of nitrogens with two attached hydrogens (primary N) is 1. The van der Waals surface area contributed by atoms with Gasteiger partial charge in [0.15, 0.2) is 23.2 Å². The number of allylic oxidation sites excluding steroid dienone is 1. The molecule has 248 valence electrons. The lowest BCUT2D eigenvalue weighted by atomic mass is 9.47. The average Bonchev–Trinajstić information content (AvgIpc) is 3.61. The number of anilines is 1. The first-order valence-corrected chi connectivity index (χ1v) is 17.0. The number of aromatic amines is 1. The Bertz CT molecular complexity index is 1610. The van der Waals surface area contributed by atoms with Gasteiger partial charge in [-0.15, -0.1) is 0 Å². The number of phosphoric acid groups is 1. The third kappa shape index (κ3) is 5.71. The average molecular weight is 652 g/mol. The van der Waals surface area contributed by atoms with E-state index in [9.17, 15) is 29.5 Å². The van der Waals surface area contributed by atoms with E-state index < -0.39 is 44.5 Å². The quantitative estimate of drug-likeness (QED) is 0.231. The normalized spacial score (nSPS) is 39.4. The molecule has 4 fully saturated rings. The summed E-state index contributed by atoms with van der Waals surface area (Å²) < 4.78 is 21.6. The van der Waals surface area contributed by atoms with Crippen molar-refractivity contribution in [2.45, 2.75) is 95.9 Å². The van der Waals surface area contributed by atoms with Crippen molar-refractivity contribution in [3.05, 3.63) is 28.3 Å². The van der Waals surface area contributed by atoms with E-state index in [0.29, 0.717) is 11.7 Å². The number of aliphatic hydroxyl groups excluding tert-OH is 3. The van der Waals surface area contributed by atoms with Crippen molar-refractivity contribution in [3.8, 4) is 0 Å². The Kier molecular flexibility index (Phi) is 8.39. The minimum Gasteiger partial charge on any atom is -0.393 e. The number of rotatable bonds is 4. The zero-order valence-corrected chi connectivity index (χ0v) is 26.2. The highest BCUT2D eigenvalue weighted by Gasteiger charge is 2.58. The number of ether oxygens (including phenoxy) is 1. The minimum atomic E-state index is -4.76. The van der Waals surface area contributed by atoms with Gasteiger partial charge in [0.2, 0.25) is 5.95 Å². The van der Waals surface area contributed by atoms with Crippen LogP contribution in [-0.4, -0.2) is 81.4 Å². The third-order valence-corrected chi connectivity index (χ3v) is 11.9. The number of nitrogens with one attached hydrogen (secondary N) is 1. The van der Waals surface area contributed by atoms with Gasteiger partial charge in [-0.3, -0.25) is 23.7 Å². The van der Waals surface area contributed by atoms with Gasteiger partial charge in [-0.1, -0.05) is 19.4 Å². The van der Waals surface area contributed by atoms with Gasteiger partial charge in [0.25, 0.3) is 5.56 Å². The van der Waals surface area contributed by atoms with Crippen LogP contribution in [-0.2, 0) is 18.6 Å². The number of phosphoric ester groups is 1. The van der Waals surface area contributed by atoms with Crippen molar-refractivity contribution in [2.75, 3.05) is 12.3 Å². The van der Waals surface area contributed by atoms with E-state index >= 15 is 0 Å². The number of H-pyrrole nitrogens is 1. The van der Waals surface area contributed by atoms with Crippen LogP contribution in [0.1, 0.15) is 71.4 Å². The maximum atomic E-state index is 11.8. The summed E-state index contributed by atoms with van der Waals surface area (Å²) in [5.74, 6) is 2.40. The number of ketones is 1. The molecule has 0 bridgehead atoms. The van der Waals surface area contributed by atoms with Crippen LogP contribution >= 0.6 is 7.82 Å². The number of hydrogen-bond donors (Lipinski definition) is 7. The van der Waals surface area contributed by atoms with Crippen LogP contribution in [0.3, 0.4) is 0 Å². The van der Waals surface area contributed by atoms with Gasteiger partial charge in [0.05, 0.1) is 19.0 Å². The summed E-state index contributed by atoms with van der Waals surface area (Å²) in [7, 11) is -4.76. The number of aliphatic hydroxyl groups is 3. The van der Waals surface area contributed by atoms with Gasteiger partial charge >= 0.3 is 7.82 Å². The lowest BCUT2D eigenvalue weighted by Crippen LogP contribution is -2.51. The number of hydrogen-bond acceptors (Lipinski definition) is 11. The number of carbonyl (C=O) groups excluding carboxylic acids is 1. The predicted molar refractivity (Wildman–Crippen MR) is 159 cm³/mol. The second kappa shape index (κ2) is 11.6. The summed E-state index contributed by atoms with van der Waals surface area (Å²) in [6, 6.07) is 0. The Balaban J connectivity index is 0.000000160. The second-order valence-electron chi connectivity index (χ2n) is 13.7. The molecule has 3 saturated carbocycles. The lowest BCUT2D eigenvalue weighted by molar-refractivity contribution is -0.118. The van der Waals surface area contributed by atoms with Gasteiger partial charge < -0.3 is 35.6 Å². The molecular weight excluding hydrogens is 609 g/mol. The Morgan fingerprint density at radius 2 is 1.84 bits per heavy atom. The summed E-state index contributed by atoms with van der Waals surface area (Å²) in [6.07, 6.45) is 6.49. The molecule has 1 aliphatic heterocycles. The summed E-state index contributed by atoms with van der Waals surface area (Å²) >= 11 is 0. The number of fused-ring (bicyclic) bond motifs is 6. The Morgan fingerprint density at radius 3 is 2.58 bits per heavy atom. The molecule has 0 spiro atoms. The van der Waals surface area contributed by atoms with Gasteiger partial charge in [0.1, 0.15) is 18.3 Å². The molecule has 10 atom stereocenters. The van der Waals surface area contributed by atoms with E-state index in [1.807, 2.05) is 6.08 Å². The number of imidazole rings is 1. The maximum absolute atomic E-state index is 11.8. The van der Waals surface area contributed by atoms with Crippen LogP contribution in [0, 0.1) is 28.6 Å². The first-order chi connectivity index (χ1) is 21.1. The van der Waals surface area contributed by atoms with Gasteiger partial charge in [-0.2, -0.15) is 4.98 Å². The molecule has 0 radical (unpaired) electrons. The fourth-order valence-electron chi connectivity index (χ4n) is 8.93. The molecular formula is C29H42N5O10P. The van der Waals surface area contributed by atoms with E-state index in [1.165, 1.54) is 42.2 Å². The molecule has 1 saturated heterocycles. The highest BCUT2D eigenvalue weighted by Crippen LogP contribution is 2.65. The van der Waals surface area contributed by atoms with Gasteiger partial charge in [-0.25, -0.2) is 9.55 Å². The summed E-state index contributed by atoms with van der Waals surface area (Å²) in [4.78, 5) is 50.9. The fourth-order valence-corrected chi connectivity index (χ4v) is 9.27. The molecule has 45 heavy (non-hydrogen) atoms. The Morgan fingerprint density at radius 1 is 1.09 bits per heavy atom. The van der Waals surface area contributed by atoms with E-state index in [4.69, 9.17) is 20.3 Å². The molecule has 16 heteroatoms. The Labute approximate surface area is 259 Å². The lowest BCUT2D eigenvalue weighted by Gasteiger charge is -2.57. The minimum absolute atomic E-state index is 0.0176. The van der Waals surface area contributed by atoms with Crippen LogP contribution in [0.2, 0.25) is 0 Å². The van der Waals surface area contributed by atoms with Crippen molar-refractivity contribution in [3.63, 3.8) is 0 Å². The molecule has 0 unspecified atom stereocenters. The van der Waals surface area contributed by atoms with Crippen molar-refractivity contribution in [2.24, 2.45) is 28.6 Å². The van der Waals surface area contributed by atoms with Crippen molar-refractivity contribution in [1.29, 1.82) is 0 Å². The number of nitrogens with zero attached hydrogens (tertiary/aromatic N) is 3. The van der Waals surface area contributed by atoms with Crippen LogP contribution in [0.15, 0.2) is 22.8 Å². The highest BCUT2D eigenvalue weighted by atomic mass is 31.2. The van der Waals surface area contributed by atoms with Crippen molar-refractivity contribution >= 4 is 30.7 Å². The maximum Gasteiger partial charge on any atom is 0.469 e.